The van der Waals surface area contributed by atoms with E-state index >= 15 is 0 Å². The van der Waals surface area contributed by atoms with Crippen molar-refractivity contribution >= 4 is 17.4 Å². The third-order valence-electron chi connectivity index (χ3n) is 5.60. The predicted octanol–water partition coefficient (Wildman–Crippen LogP) is 3.34. The average molecular weight is 401 g/mol. The second-order valence-electron chi connectivity index (χ2n) is 7.36. The monoisotopic (exact) mass is 401 g/mol. The Morgan fingerprint density at radius 1 is 1.17 bits per heavy atom. The van der Waals surface area contributed by atoms with E-state index in [9.17, 15) is 14.0 Å². The van der Waals surface area contributed by atoms with Crippen LogP contribution in [0.5, 0.6) is 0 Å². The smallest absolute Gasteiger partial charge is 0.340 e. The van der Waals surface area contributed by atoms with Gasteiger partial charge in [0.2, 0.25) is 0 Å². The lowest BCUT2D eigenvalue weighted by molar-refractivity contribution is 0.0525. The van der Waals surface area contributed by atoms with Gasteiger partial charge in [-0.1, -0.05) is 12.1 Å². The van der Waals surface area contributed by atoms with Crippen LogP contribution in [0.4, 0.5) is 10.1 Å². The van der Waals surface area contributed by atoms with E-state index in [2.05, 4.69) is 9.88 Å². The van der Waals surface area contributed by atoms with E-state index in [1.54, 1.807) is 32.9 Å². The Hall–Kier alpha value is -2.67. The first-order valence-corrected chi connectivity index (χ1v) is 9.99. The lowest BCUT2D eigenvalue weighted by Crippen LogP contribution is -2.52. The predicted molar refractivity (Wildman–Crippen MR) is 110 cm³/mol. The normalized spacial score (nSPS) is 16.0. The number of carbonyl (C=O) groups is 2. The Bertz CT molecular complexity index is 901. The van der Waals surface area contributed by atoms with Gasteiger partial charge in [-0.3, -0.25) is 9.69 Å². The van der Waals surface area contributed by atoms with Crippen molar-refractivity contribution in [3.8, 4) is 0 Å². The summed E-state index contributed by atoms with van der Waals surface area (Å²) < 4.78 is 19.1. The highest BCUT2D eigenvalue weighted by Gasteiger charge is 2.30. The standard InChI is InChI=1S/C22H28FN3O3/c1-5-29-22(28)19-14(2)20(24-15(19)3)21(27)16(4)25-10-12-26(13-11-25)18-9-7-6-8-17(18)23/h6-9,16,24H,5,10-13H2,1-4H3/t16-/m1/s1. The number of nitrogens with zero attached hydrogens (tertiary/aromatic N) is 2. The molecule has 0 bridgehead atoms. The number of H-pyrrole nitrogens is 1. The van der Waals surface area contributed by atoms with Crippen molar-refractivity contribution in [2.75, 3.05) is 37.7 Å². The van der Waals surface area contributed by atoms with Gasteiger partial charge in [-0.15, -0.1) is 0 Å². The molecular weight excluding hydrogens is 373 g/mol. The highest BCUT2D eigenvalue weighted by molar-refractivity contribution is 6.03. The van der Waals surface area contributed by atoms with Crippen LogP contribution < -0.4 is 4.90 Å². The fourth-order valence-electron chi connectivity index (χ4n) is 3.94. The number of para-hydroxylation sites is 1. The van der Waals surface area contributed by atoms with Gasteiger partial charge in [0, 0.05) is 31.9 Å². The van der Waals surface area contributed by atoms with Crippen molar-refractivity contribution in [2.24, 2.45) is 0 Å². The minimum absolute atomic E-state index is 0.0551. The topological polar surface area (TPSA) is 65.6 Å². The van der Waals surface area contributed by atoms with E-state index in [1.165, 1.54) is 6.07 Å². The minimum Gasteiger partial charge on any atom is -0.462 e. The molecule has 1 atom stereocenters. The molecule has 1 fully saturated rings. The fraction of sp³-hybridized carbons (Fsp3) is 0.455. The first kappa shape index (κ1) is 21.0. The van der Waals surface area contributed by atoms with Gasteiger partial charge >= 0.3 is 5.97 Å². The number of carbonyl (C=O) groups excluding carboxylic acids is 2. The Balaban J connectivity index is 1.70. The lowest BCUT2D eigenvalue weighted by atomic mass is 10.0. The van der Waals surface area contributed by atoms with Gasteiger partial charge in [0.05, 0.1) is 29.6 Å². The molecule has 0 aliphatic carbocycles. The molecule has 2 aromatic rings. The van der Waals surface area contributed by atoms with Gasteiger partial charge in [0.15, 0.2) is 5.78 Å². The summed E-state index contributed by atoms with van der Waals surface area (Å²) in [5, 5.41) is 0. The van der Waals surface area contributed by atoms with Crippen molar-refractivity contribution in [2.45, 2.75) is 33.7 Å². The summed E-state index contributed by atoms with van der Waals surface area (Å²) in [6.07, 6.45) is 0. The zero-order valence-corrected chi connectivity index (χ0v) is 17.4. The van der Waals surface area contributed by atoms with E-state index in [1.807, 2.05) is 17.9 Å². The van der Waals surface area contributed by atoms with Crippen LogP contribution in [-0.4, -0.2) is 60.5 Å². The van der Waals surface area contributed by atoms with Crippen molar-refractivity contribution in [3.05, 3.63) is 52.6 Å². The Morgan fingerprint density at radius 3 is 2.45 bits per heavy atom. The summed E-state index contributed by atoms with van der Waals surface area (Å²) in [7, 11) is 0. The number of Topliss-reactive ketones (excluding diaryl/α,β-unsaturated/α-hetero) is 1. The number of ether oxygens (including phenoxy) is 1. The fourth-order valence-corrected chi connectivity index (χ4v) is 3.94. The quantitative estimate of drug-likeness (QED) is 0.594. The van der Waals surface area contributed by atoms with Crippen LogP contribution in [0.2, 0.25) is 0 Å². The molecule has 2 heterocycles. The zero-order chi connectivity index (χ0) is 21.1. The van der Waals surface area contributed by atoms with Gasteiger partial charge in [0.1, 0.15) is 5.82 Å². The number of aromatic nitrogens is 1. The average Bonchev–Trinajstić information content (AvgIpc) is 3.01. The molecule has 7 heteroatoms. The maximum Gasteiger partial charge on any atom is 0.340 e. The van der Waals surface area contributed by atoms with Crippen molar-refractivity contribution in [3.63, 3.8) is 0 Å². The first-order valence-electron chi connectivity index (χ1n) is 9.99. The summed E-state index contributed by atoms with van der Waals surface area (Å²) in [5.74, 6) is -0.696. The summed E-state index contributed by atoms with van der Waals surface area (Å²) in [6.45, 7) is 10.1. The van der Waals surface area contributed by atoms with E-state index in [-0.39, 0.29) is 24.2 Å². The SMILES string of the molecule is CCOC(=O)c1c(C)[nH]c(C(=O)[C@@H](C)N2CCN(c3ccccc3F)CC2)c1C. The number of nitrogens with one attached hydrogen (secondary N) is 1. The molecule has 156 valence electrons. The maximum atomic E-state index is 14.0. The number of hydrogen-bond acceptors (Lipinski definition) is 5. The molecule has 6 nitrogen and oxygen atoms in total. The number of hydrogen-bond donors (Lipinski definition) is 1. The first-order chi connectivity index (χ1) is 13.8. The Morgan fingerprint density at radius 2 is 1.83 bits per heavy atom. The summed E-state index contributed by atoms with van der Waals surface area (Å²) in [4.78, 5) is 32.5. The largest absolute Gasteiger partial charge is 0.462 e. The third-order valence-corrected chi connectivity index (χ3v) is 5.60. The van der Waals surface area contributed by atoms with E-state index in [0.29, 0.717) is 54.4 Å². The van der Waals surface area contributed by atoms with Gasteiger partial charge in [-0.2, -0.15) is 0 Å². The number of anilines is 1. The molecule has 1 aromatic heterocycles. The molecule has 0 unspecified atom stereocenters. The van der Waals surface area contributed by atoms with E-state index < -0.39 is 5.97 Å². The van der Waals surface area contributed by atoms with Crippen LogP contribution in [-0.2, 0) is 4.74 Å². The minimum atomic E-state index is -0.413. The summed E-state index contributed by atoms with van der Waals surface area (Å²) in [5.41, 5.74) is 2.76. The molecule has 1 N–H and O–H groups in total. The molecule has 0 radical (unpaired) electrons. The second-order valence-corrected chi connectivity index (χ2v) is 7.36. The van der Waals surface area contributed by atoms with Crippen LogP contribution in [0.3, 0.4) is 0 Å². The molecule has 29 heavy (non-hydrogen) atoms. The number of rotatable bonds is 6. The van der Waals surface area contributed by atoms with Gasteiger partial charge in [-0.05, 0) is 45.4 Å². The number of benzene rings is 1. The molecule has 3 rings (SSSR count). The molecular formula is C22H28FN3O3. The molecule has 0 amide bonds. The second kappa shape index (κ2) is 8.78. The van der Waals surface area contributed by atoms with E-state index in [4.69, 9.17) is 4.74 Å². The van der Waals surface area contributed by atoms with Crippen LogP contribution in [0.1, 0.15) is 46.0 Å². The number of ketones is 1. The summed E-state index contributed by atoms with van der Waals surface area (Å²) in [6, 6.07) is 6.41. The molecule has 0 saturated carbocycles. The number of halogens is 1. The van der Waals surface area contributed by atoms with E-state index in [0.717, 1.165) is 0 Å². The van der Waals surface area contributed by atoms with Gasteiger partial charge < -0.3 is 14.6 Å². The number of aromatic amines is 1. The van der Waals surface area contributed by atoms with Crippen molar-refractivity contribution in [1.82, 2.24) is 9.88 Å². The van der Waals surface area contributed by atoms with Crippen LogP contribution in [0.15, 0.2) is 24.3 Å². The van der Waals surface area contributed by atoms with Crippen LogP contribution in [0, 0.1) is 19.7 Å². The van der Waals surface area contributed by atoms with Crippen molar-refractivity contribution in [1.29, 1.82) is 0 Å². The lowest BCUT2D eigenvalue weighted by Gasteiger charge is -2.38. The molecule has 1 aliphatic heterocycles. The maximum absolute atomic E-state index is 14.0. The highest BCUT2D eigenvalue weighted by atomic mass is 19.1. The highest BCUT2D eigenvalue weighted by Crippen LogP contribution is 2.24. The Labute approximate surface area is 170 Å². The van der Waals surface area contributed by atoms with Crippen LogP contribution in [0.25, 0.3) is 0 Å². The third kappa shape index (κ3) is 4.19. The van der Waals surface area contributed by atoms with Crippen LogP contribution >= 0.6 is 0 Å². The number of esters is 1. The number of piperazine rings is 1. The van der Waals surface area contributed by atoms with Crippen molar-refractivity contribution < 1.29 is 18.7 Å². The Kier molecular flexibility index (Phi) is 6.37. The molecule has 1 aromatic carbocycles. The molecule has 0 spiro atoms. The number of aryl methyl sites for hydroxylation is 1. The summed E-state index contributed by atoms with van der Waals surface area (Å²) >= 11 is 0. The molecule has 1 aliphatic rings. The van der Waals surface area contributed by atoms with Gasteiger partial charge in [-0.25, -0.2) is 9.18 Å². The van der Waals surface area contributed by atoms with Gasteiger partial charge in [0.25, 0.3) is 0 Å². The molecule has 1 saturated heterocycles. The zero-order valence-electron chi connectivity index (χ0n) is 17.4.